The molecule has 1 unspecified atom stereocenters. The molecule has 0 saturated carbocycles. The Hall–Kier alpha value is -1.77. The van der Waals surface area contributed by atoms with Gasteiger partial charge < -0.3 is 5.32 Å². The molecule has 106 valence electrons. The van der Waals surface area contributed by atoms with Gasteiger partial charge in [0.1, 0.15) is 5.82 Å². The lowest BCUT2D eigenvalue weighted by molar-refractivity contribution is 0.478. The molecule has 1 aliphatic heterocycles. The normalized spacial score (nSPS) is 17.7. The van der Waals surface area contributed by atoms with Crippen molar-refractivity contribution in [3.8, 4) is 0 Å². The zero-order chi connectivity index (χ0) is 14.3. The van der Waals surface area contributed by atoms with E-state index in [1.165, 1.54) is 33.8 Å². The molecule has 1 aromatic carbocycles. The second kappa shape index (κ2) is 4.97. The number of fused-ring (bicyclic) bond motifs is 1. The summed E-state index contributed by atoms with van der Waals surface area (Å²) in [5.74, 6) is 1.20. The second-order valence-electron chi connectivity index (χ2n) is 5.79. The summed E-state index contributed by atoms with van der Waals surface area (Å²) >= 11 is 0. The molecule has 1 aliphatic rings. The Morgan fingerprint density at radius 2 is 2.05 bits per heavy atom. The van der Waals surface area contributed by atoms with Gasteiger partial charge in [0.05, 0.1) is 11.7 Å². The van der Waals surface area contributed by atoms with Crippen molar-refractivity contribution < 1.29 is 0 Å². The number of anilines is 1. The van der Waals surface area contributed by atoms with Crippen LogP contribution in [0.2, 0.25) is 0 Å². The van der Waals surface area contributed by atoms with Crippen LogP contribution in [0.15, 0.2) is 18.2 Å². The third kappa shape index (κ3) is 2.01. The molecule has 1 aromatic heterocycles. The van der Waals surface area contributed by atoms with E-state index in [0.717, 1.165) is 19.4 Å². The average molecular weight is 269 g/mol. The molecule has 0 amide bonds. The predicted molar refractivity (Wildman–Crippen MR) is 83.5 cm³/mol. The number of benzene rings is 1. The van der Waals surface area contributed by atoms with E-state index < -0.39 is 0 Å². The highest BCUT2D eigenvalue weighted by atomic mass is 15.4. The van der Waals surface area contributed by atoms with E-state index in [9.17, 15) is 0 Å². The van der Waals surface area contributed by atoms with E-state index in [1.807, 2.05) is 0 Å². The fraction of sp³-hybridized carbons (Fsp3) is 0.471. The van der Waals surface area contributed by atoms with Crippen molar-refractivity contribution in [1.29, 1.82) is 0 Å². The van der Waals surface area contributed by atoms with Crippen LogP contribution in [0.1, 0.15) is 47.3 Å². The van der Waals surface area contributed by atoms with Crippen molar-refractivity contribution in [2.45, 2.75) is 46.6 Å². The molecule has 0 aliphatic carbocycles. The fourth-order valence-electron chi connectivity index (χ4n) is 3.07. The van der Waals surface area contributed by atoms with Gasteiger partial charge in [-0.3, -0.25) is 0 Å². The Balaban J connectivity index is 2.07. The first kappa shape index (κ1) is 13.2. The molecule has 0 radical (unpaired) electrons. The number of aromatic nitrogens is 2. The third-order valence-corrected chi connectivity index (χ3v) is 4.50. The van der Waals surface area contributed by atoms with Gasteiger partial charge in [-0.1, -0.05) is 25.1 Å². The zero-order valence-corrected chi connectivity index (χ0v) is 12.8. The number of hydrogen-bond donors (Lipinski definition) is 1. The first-order chi connectivity index (χ1) is 9.61. The molecule has 1 N–H and O–H groups in total. The summed E-state index contributed by atoms with van der Waals surface area (Å²) in [6.45, 7) is 9.72. The quantitative estimate of drug-likeness (QED) is 0.899. The minimum Gasteiger partial charge on any atom is -0.370 e. The molecule has 0 bridgehead atoms. The Kier molecular flexibility index (Phi) is 3.28. The second-order valence-corrected chi connectivity index (χ2v) is 5.79. The van der Waals surface area contributed by atoms with Crippen molar-refractivity contribution in [3.05, 3.63) is 46.1 Å². The Bertz CT molecular complexity index is 640. The third-order valence-electron chi connectivity index (χ3n) is 4.50. The van der Waals surface area contributed by atoms with Crippen molar-refractivity contribution in [3.63, 3.8) is 0 Å². The highest BCUT2D eigenvalue weighted by molar-refractivity contribution is 5.50. The summed E-state index contributed by atoms with van der Waals surface area (Å²) < 4.78 is 2.20. The highest BCUT2D eigenvalue weighted by Gasteiger charge is 2.25. The first-order valence-electron chi connectivity index (χ1n) is 7.50. The molecular weight excluding hydrogens is 246 g/mol. The minimum atomic E-state index is 0.365. The Morgan fingerprint density at radius 3 is 2.75 bits per heavy atom. The van der Waals surface area contributed by atoms with Gasteiger partial charge in [-0.2, -0.15) is 5.10 Å². The molecule has 2 aromatic rings. The topological polar surface area (TPSA) is 29.9 Å². The van der Waals surface area contributed by atoms with Crippen LogP contribution < -0.4 is 5.32 Å². The van der Waals surface area contributed by atoms with E-state index in [4.69, 9.17) is 5.10 Å². The molecule has 2 heterocycles. The van der Waals surface area contributed by atoms with Gasteiger partial charge in [-0.25, -0.2) is 4.68 Å². The number of aryl methyl sites for hydroxylation is 3. The molecular formula is C17H23N3. The Morgan fingerprint density at radius 1 is 1.25 bits per heavy atom. The lowest BCUT2D eigenvalue weighted by Crippen LogP contribution is -2.24. The van der Waals surface area contributed by atoms with Crippen molar-refractivity contribution in [1.82, 2.24) is 9.78 Å². The Labute approximate surface area is 121 Å². The van der Waals surface area contributed by atoms with Gasteiger partial charge in [0.15, 0.2) is 0 Å². The van der Waals surface area contributed by atoms with E-state index in [1.54, 1.807) is 0 Å². The van der Waals surface area contributed by atoms with Crippen LogP contribution in [0, 0.1) is 20.8 Å². The van der Waals surface area contributed by atoms with Crippen LogP contribution in [0.5, 0.6) is 0 Å². The number of nitrogens with zero attached hydrogens (tertiary/aromatic N) is 2. The summed E-state index contributed by atoms with van der Waals surface area (Å²) in [6.07, 6.45) is 2.09. The molecule has 0 fully saturated rings. The molecule has 20 heavy (non-hydrogen) atoms. The minimum absolute atomic E-state index is 0.365. The van der Waals surface area contributed by atoms with Crippen LogP contribution in [0.4, 0.5) is 5.82 Å². The lowest BCUT2D eigenvalue weighted by Gasteiger charge is -2.27. The van der Waals surface area contributed by atoms with Gasteiger partial charge in [0, 0.05) is 12.1 Å². The molecule has 3 rings (SSSR count). The van der Waals surface area contributed by atoms with Gasteiger partial charge in [-0.15, -0.1) is 0 Å². The van der Waals surface area contributed by atoms with Crippen LogP contribution in [0.3, 0.4) is 0 Å². The number of rotatable bonds is 2. The van der Waals surface area contributed by atoms with Gasteiger partial charge >= 0.3 is 0 Å². The highest BCUT2D eigenvalue weighted by Crippen LogP contribution is 2.33. The molecule has 0 saturated heterocycles. The number of hydrogen-bond acceptors (Lipinski definition) is 2. The van der Waals surface area contributed by atoms with E-state index >= 15 is 0 Å². The van der Waals surface area contributed by atoms with E-state index in [2.05, 4.69) is 55.9 Å². The van der Waals surface area contributed by atoms with Crippen LogP contribution in [0.25, 0.3) is 0 Å². The van der Waals surface area contributed by atoms with Crippen molar-refractivity contribution in [2.75, 3.05) is 11.9 Å². The van der Waals surface area contributed by atoms with Crippen molar-refractivity contribution in [2.24, 2.45) is 0 Å². The summed E-state index contributed by atoms with van der Waals surface area (Å²) in [6, 6.07) is 7.16. The summed E-state index contributed by atoms with van der Waals surface area (Å²) in [5.41, 5.74) is 6.61. The average Bonchev–Trinajstić information content (AvgIpc) is 2.79. The summed E-state index contributed by atoms with van der Waals surface area (Å²) in [5, 5.41) is 8.34. The lowest BCUT2D eigenvalue weighted by atomic mass is 9.98. The van der Waals surface area contributed by atoms with Gasteiger partial charge in [0.25, 0.3) is 0 Å². The van der Waals surface area contributed by atoms with Crippen molar-refractivity contribution >= 4 is 5.82 Å². The molecule has 3 heteroatoms. The predicted octanol–water partition coefficient (Wildman–Crippen LogP) is 3.78. The standard InChI is InChI=1S/C17H23N3/c1-5-15-13(4)17-18-9-8-16(20(17)19-15)14-7-6-11(2)12(3)10-14/h6-7,10,16,18H,5,8-9H2,1-4H3. The monoisotopic (exact) mass is 269 g/mol. The summed E-state index contributed by atoms with van der Waals surface area (Å²) in [4.78, 5) is 0. The maximum Gasteiger partial charge on any atom is 0.128 e. The first-order valence-corrected chi connectivity index (χ1v) is 7.50. The van der Waals surface area contributed by atoms with Gasteiger partial charge in [0.2, 0.25) is 0 Å². The molecule has 1 atom stereocenters. The number of nitrogens with one attached hydrogen (secondary N) is 1. The van der Waals surface area contributed by atoms with E-state index in [-0.39, 0.29) is 0 Å². The van der Waals surface area contributed by atoms with E-state index in [0.29, 0.717) is 6.04 Å². The largest absolute Gasteiger partial charge is 0.370 e. The van der Waals surface area contributed by atoms with Gasteiger partial charge in [-0.05, 0) is 50.3 Å². The molecule has 3 nitrogen and oxygen atoms in total. The fourth-order valence-corrected chi connectivity index (χ4v) is 3.07. The van der Waals surface area contributed by atoms with Crippen LogP contribution in [-0.2, 0) is 6.42 Å². The maximum absolute atomic E-state index is 4.83. The van der Waals surface area contributed by atoms with Crippen LogP contribution in [-0.4, -0.2) is 16.3 Å². The zero-order valence-electron chi connectivity index (χ0n) is 12.8. The smallest absolute Gasteiger partial charge is 0.128 e. The van der Waals surface area contributed by atoms with Crippen LogP contribution >= 0.6 is 0 Å². The molecule has 0 spiro atoms. The maximum atomic E-state index is 4.83. The SMILES string of the molecule is CCc1nn2c(c1C)NCCC2c1ccc(C)c(C)c1. The summed E-state index contributed by atoms with van der Waals surface area (Å²) in [7, 11) is 0.